The molecule has 0 aromatic carbocycles. The maximum atomic E-state index is 11.9. The van der Waals surface area contributed by atoms with Crippen LogP contribution in [-0.4, -0.2) is 43.4 Å². The Morgan fingerprint density at radius 3 is 2.59 bits per heavy atom. The molecule has 7 nitrogen and oxygen atoms in total. The summed E-state index contributed by atoms with van der Waals surface area (Å²) >= 11 is 0. The van der Waals surface area contributed by atoms with Gasteiger partial charge in [0, 0.05) is 25.6 Å². The molecule has 0 amide bonds. The number of nitrogens with one attached hydrogen (secondary N) is 1. The Morgan fingerprint density at radius 1 is 1.47 bits per heavy atom. The normalized spacial score (nSPS) is 21.4. The third kappa shape index (κ3) is 4.14. The van der Waals surface area contributed by atoms with Gasteiger partial charge in [0.2, 0.25) is 0 Å². The van der Waals surface area contributed by atoms with Crippen molar-refractivity contribution < 1.29 is 13.6 Å². The van der Waals surface area contributed by atoms with E-state index in [2.05, 4.69) is 9.88 Å². The standard InChI is InChI=1S/C9H20N4O3S/c1-8(9(10)12-14)7-11-17(15,16)13-5-3-2-4-6-13/h8,11,14H,2-7H2,1H3,(H2,10,12). The molecule has 0 bridgehead atoms. The molecule has 8 heteroatoms. The fourth-order valence-electron chi connectivity index (χ4n) is 1.63. The summed E-state index contributed by atoms with van der Waals surface area (Å²) in [4.78, 5) is 0. The maximum absolute atomic E-state index is 11.9. The molecule has 1 rings (SSSR count). The number of nitrogens with two attached hydrogens (primary N) is 1. The van der Waals surface area contributed by atoms with Gasteiger partial charge in [-0.25, -0.2) is 4.72 Å². The number of hydrogen-bond donors (Lipinski definition) is 3. The zero-order chi connectivity index (χ0) is 12.9. The molecule has 17 heavy (non-hydrogen) atoms. The SMILES string of the molecule is CC(CNS(=O)(=O)N1CCCCC1)C(N)=NO. The van der Waals surface area contributed by atoms with Crippen molar-refractivity contribution in [1.82, 2.24) is 9.03 Å². The molecule has 100 valence electrons. The van der Waals surface area contributed by atoms with Crippen molar-refractivity contribution in [3.63, 3.8) is 0 Å². The van der Waals surface area contributed by atoms with Gasteiger partial charge in [-0.2, -0.15) is 12.7 Å². The zero-order valence-electron chi connectivity index (χ0n) is 9.96. The number of oxime groups is 1. The summed E-state index contributed by atoms with van der Waals surface area (Å²) in [6, 6.07) is 0. The highest BCUT2D eigenvalue weighted by Crippen LogP contribution is 2.11. The topological polar surface area (TPSA) is 108 Å². The highest BCUT2D eigenvalue weighted by Gasteiger charge is 2.24. The van der Waals surface area contributed by atoms with Gasteiger partial charge in [-0.1, -0.05) is 18.5 Å². The molecule has 0 aromatic rings. The Morgan fingerprint density at radius 2 is 2.06 bits per heavy atom. The van der Waals surface area contributed by atoms with Gasteiger partial charge < -0.3 is 10.9 Å². The molecule has 0 aromatic heterocycles. The summed E-state index contributed by atoms with van der Waals surface area (Å²) in [6.07, 6.45) is 2.87. The van der Waals surface area contributed by atoms with Crippen molar-refractivity contribution in [2.24, 2.45) is 16.8 Å². The van der Waals surface area contributed by atoms with Gasteiger partial charge in [-0.05, 0) is 12.8 Å². The zero-order valence-corrected chi connectivity index (χ0v) is 10.8. The summed E-state index contributed by atoms with van der Waals surface area (Å²) in [7, 11) is -3.43. The van der Waals surface area contributed by atoms with Crippen LogP contribution in [0.1, 0.15) is 26.2 Å². The van der Waals surface area contributed by atoms with Gasteiger partial charge >= 0.3 is 0 Å². The molecule has 1 heterocycles. The lowest BCUT2D eigenvalue weighted by Crippen LogP contribution is -2.45. The minimum absolute atomic E-state index is 0.0198. The first-order valence-corrected chi connectivity index (χ1v) is 7.13. The smallest absolute Gasteiger partial charge is 0.279 e. The molecule has 1 saturated heterocycles. The highest BCUT2D eigenvalue weighted by molar-refractivity contribution is 7.87. The van der Waals surface area contributed by atoms with Gasteiger partial charge in [0.05, 0.1) is 0 Å². The van der Waals surface area contributed by atoms with Crippen molar-refractivity contribution in [3.8, 4) is 0 Å². The minimum Gasteiger partial charge on any atom is -0.409 e. The maximum Gasteiger partial charge on any atom is 0.279 e. The number of amidine groups is 1. The van der Waals surface area contributed by atoms with E-state index in [4.69, 9.17) is 10.9 Å². The lowest BCUT2D eigenvalue weighted by atomic mass is 10.2. The van der Waals surface area contributed by atoms with E-state index in [1.807, 2.05) is 0 Å². The Bertz CT molecular complexity index is 362. The van der Waals surface area contributed by atoms with E-state index in [0.29, 0.717) is 13.1 Å². The predicted molar refractivity (Wildman–Crippen MR) is 64.9 cm³/mol. The number of piperidine rings is 1. The largest absolute Gasteiger partial charge is 0.409 e. The van der Waals surface area contributed by atoms with Crippen LogP contribution in [-0.2, 0) is 10.2 Å². The molecule has 0 saturated carbocycles. The van der Waals surface area contributed by atoms with Crippen LogP contribution in [0.4, 0.5) is 0 Å². The Hall–Kier alpha value is -0.860. The van der Waals surface area contributed by atoms with E-state index in [1.165, 1.54) is 4.31 Å². The van der Waals surface area contributed by atoms with E-state index in [1.54, 1.807) is 6.92 Å². The lowest BCUT2D eigenvalue weighted by molar-refractivity contribution is 0.314. The highest BCUT2D eigenvalue weighted by atomic mass is 32.2. The first-order chi connectivity index (χ1) is 7.97. The second kappa shape index (κ2) is 6.18. The monoisotopic (exact) mass is 264 g/mol. The molecule has 1 fully saturated rings. The molecule has 0 aliphatic carbocycles. The third-order valence-electron chi connectivity index (χ3n) is 2.85. The summed E-state index contributed by atoms with van der Waals surface area (Å²) < 4.78 is 27.7. The molecular weight excluding hydrogens is 244 g/mol. The quantitative estimate of drug-likeness (QED) is 0.274. The molecule has 0 spiro atoms. The van der Waals surface area contributed by atoms with Crippen molar-refractivity contribution in [2.45, 2.75) is 26.2 Å². The minimum atomic E-state index is -3.43. The van der Waals surface area contributed by atoms with Crippen molar-refractivity contribution >= 4 is 16.0 Å². The van der Waals surface area contributed by atoms with Crippen LogP contribution in [0.3, 0.4) is 0 Å². The summed E-state index contributed by atoms with van der Waals surface area (Å²) in [5.74, 6) is -0.314. The van der Waals surface area contributed by atoms with Crippen LogP contribution in [0.2, 0.25) is 0 Å². The fourth-order valence-corrected chi connectivity index (χ4v) is 3.01. The number of nitrogens with zero attached hydrogens (tertiary/aromatic N) is 2. The second-order valence-electron chi connectivity index (χ2n) is 4.24. The van der Waals surface area contributed by atoms with E-state index >= 15 is 0 Å². The number of hydrogen-bond acceptors (Lipinski definition) is 4. The lowest BCUT2D eigenvalue weighted by Gasteiger charge is -2.26. The average Bonchev–Trinajstić information content (AvgIpc) is 2.36. The molecular formula is C9H20N4O3S. The van der Waals surface area contributed by atoms with Gasteiger partial charge in [0.1, 0.15) is 5.84 Å². The molecule has 1 unspecified atom stereocenters. The third-order valence-corrected chi connectivity index (χ3v) is 4.42. The van der Waals surface area contributed by atoms with Crippen LogP contribution < -0.4 is 10.5 Å². The van der Waals surface area contributed by atoms with Crippen molar-refractivity contribution in [1.29, 1.82) is 0 Å². The second-order valence-corrected chi connectivity index (χ2v) is 5.99. The van der Waals surface area contributed by atoms with E-state index in [-0.39, 0.29) is 18.3 Å². The van der Waals surface area contributed by atoms with Gasteiger partial charge in [-0.3, -0.25) is 0 Å². The van der Waals surface area contributed by atoms with Crippen molar-refractivity contribution in [2.75, 3.05) is 19.6 Å². The fraction of sp³-hybridized carbons (Fsp3) is 0.889. The van der Waals surface area contributed by atoms with Crippen LogP contribution in [0.5, 0.6) is 0 Å². The predicted octanol–water partition coefficient (Wildman–Crippen LogP) is -0.311. The van der Waals surface area contributed by atoms with Gasteiger partial charge in [0.25, 0.3) is 10.2 Å². The van der Waals surface area contributed by atoms with E-state index in [0.717, 1.165) is 19.3 Å². The van der Waals surface area contributed by atoms with Crippen LogP contribution in [0.15, 0.2) is 5.16 Å². The summed E-state index contributed by atoms with van der Waals surface area (Å²) in [6.45, 7) is 2.95. The van der Waals surface area contributed by atoms with E-state index in [9.17, 15) is 8.42 Å². The van der Waals surface area contributed by atoms with E-state index < -0.39 is 10.2 Å². The average molecular weight is 264 g/mol. The van der Waals surface area contributed by atoms with Gasteiger partial charge in [0.15, 0.2) is 0 Å². The number of rotatable bonds is 5. The first kappa shape index (κ1) is 14.2. The molecule has 1 atom stereocenters. The Balaban J connectivity index is 2.49. The Labute approximate surface area is 102 Å². The molecule has 4 N–H and O–H groups in total. The molecule has 1 aliphatic heterocycles. The Kier molecular flexibility index (Phi) is 5.16. The summed E-state index contributed by atoms with van der Waals surface area (Å²) in [5, 5.41) is 11.3. The van der Waals surface area contributed by atoms with Crippen LogP contribution in [0, 0.1) is 5.92 Å². The summed E-state index contributed by atoms with van der Waals surface area (Å²) in [5.41, 5.74) is 5.38. The molecule has 0 radical (unpaired) electrons. The van der Waals surface area contributed by atoms with Crippen molar-refractivity contribution in [3.05, 3.63) is 0 Å². The molecule has 1 aliphatic rings. The van der Waals surface area contributed by atoms with Gasteiger partial charge in [-0.15, -0.1) is 0 Å². The van der Waals surface area contributed by atoms with Crippen LogP contribution >= 0.6 is 0 Å². The van der Waals surface area contributed by atoms with Crippen LogP contribution in [0.25, 0.3) is 0 Å². The first-order valence-electron chi connectivity index (χ1n) is 5.69.